The van der Waals surface area contributed by atoms with Crippen LogP contribution in [0.5, 0.6) is 0 Å². The number of esters is 1. The molecule has 9 nitrogen and oxygen atoms in total. The lowest BCUT2D eigenvalue weighted by Crippen LogP contribution is -2.33. The van der Waals surface area contributed by atoms with Gasteiger partial charge in [-0.3, -0.25) is 19.7 Å². The maximum atomic E-state index is 13.2. The molecule has 3 aromatic rings. The van der Waals surface area contributed by atoms with E-state index in [1.165, 1.54) is 23.1 Å². The summed E-state index contributed by atoms with van der Waals surface area (Å²) in [6.07, 6.45) is -0.0606. The number of thiazole rings is 1. The first-order valence-electron chi connectivity index (χ1n) is 9.21. The van der Waals surface area contributed by atoms with Crippen molar-refractivity contribution in [2.24, 2.45) is 5.10 Å². The molecule has 10 heteroatoms. The number of hydrogen-bond donors (Lipinski definition) is 1. The van der Waals surface area contributed by atoms with Gasteiger partial charge in [0.05, 0.1) is 67.0 Å². The Morgan fingerprint density at radius 3 is 2.83 bits per heavy atom. The lowest BCUT2D eigenvalue weighted by molar-refractivity contribution is -0.139. The second-order valence-corrected chi connectivity index (χ2v) is 7.58. The molecule has 29 heavy (non-hydrogen) atoms. The zero-order valence-electron chi connectivity index (χ0n) is 16.2. The van der Waals surface area contributed by atoms with E-state index in [2.05, 4.69) is 15.2 Å². The molecule has 0 saturated carbocycles. The van der Waals surface area contributed by atoms with Crippen LogP contribution in [0.15, 0.2) is 34.2 Å². The number of nitrogens with one attached hydrogen (secondary N) is 1. The molecule has 0 amide bonds. The van der Waals surface area contributed by atoms with Crippen LogP contribution in [-0.4, -0.2) is 64.9 Å². The maximum Gasteiger partial charge on any atom is 0.311 e. The Balaban J connectivity index is 1.79. The minimum atomic E-state index is -0.442. The monoisotopic (exact) mass is 415 g/mol. The van der Waals surface area contributed by atoms with E-state index >= 15 is 0 Å². The van der Waals surface area contributed by atoms with Gasteiger partial charge >= 0.3 is 5.97 Å². The number of H-pyrrole nitrogens is 1. The zero-order valence-corrected chi connectivity index (χ0v) is 17.0. The highest BCUT2D eigenvalue weighted by atomic mass is 32.1. The normalized spacial score (nSPS) is 15.1. The molecule has 1 aliphatic heterocycles. The summed E-state index contributed by atoms with van der Waals surface area (Å²) in [7, 11) is 1.32. The third-order valence-electron chi connectivity index (χ3n) is 4.63. The summed E-state index contributed by atoms with van der Waals surface area (Å²) in [6, 6.07) is 7.67. The van der Waals surface area contributed by atoms with Gasteiger partial charge in [-0.2, -0.15) is 9.78 Å². The lowest BCUT2D eigenvalue weighted by Gasteiger charge is -2.24. The molecule has 0 aliphatic carbocycles. The Morgan fingerprint density at radius 1 is 1.34 bits per heavy atom. The molecule has 0 bridgehead atoms. The Kier molecular flexibility index (Phi) is 5.45. The van der Waals surface area contributed by atoms with Crippen molar-refractivity contribution < 1.29 is 14.3 Å². The zero-order chi connectivity index (χ0) is 20.4. The molecule has 1 N–H and O–H groups in total. The van der Waals surface area contributed by atoms with Gasteiger partial charge in [-0.15, -0.1) is 0 Å². The predicted molar refractivity (Wildman–Crippen MR) is 110 cm³/mol. The fourth-order valence-corrected chi connectivity index (χ4v) is 4.13. The van der Waals surface area contributed by atoms with Crippen molar-refractivity contribution >= 4 is 33.2 Å². The third kappa shape index (κ3) is 3.94. The van der Waals surface area contributed by atoms with Crippen molar-refractivity contribution in [3.8, 4) is 5.13 Å². The molecule has 4 rings (SSSR count). The van der Waals surface area contributed by atoms with Crippen LogP contribution in [0, 0.1) is 0 Å². The molecular weight excluding hydrogens is 394 g/mol. The number of hydrazone groups is 1. The Hall–Kier alpha value is -2.98. The highest BCUT2D eigenvalue weighted by molar-refractivity contribution is 7.20. The van der Waals surface area contributed by atoms with Crippen molar-refractivity contribution in [3.63, 3.8) is 0 Å². The molecule has 1 aromatic carbocycles. The number of nitrogens with zero attached hydrogens (tertiary/aromatic N) is 4. The van der Waals surface area contributed by atoms with E-state index in [0.29, 0.717) is 48.4 Å². The average molecular weight is 415 g/mol. The number of benzene rings is 1. The smallest absolute Gasteiger partial charge is 0.311 e. The minimum absolute atomic E-state index is 0.0606. The molecule has 0 unspecified atom stereocenters. The van der Waals surface area contributed by atoms with Crippen molar-refractivity contribution in [2.45, 2.75) is 13.3 Å². The van der Waals surface area contributed by atoms with Crippen LogP contribution in [0.1, 0.15) is 18.2 Å². The number of carbonyl (C=O) groups is 1. The molecule has 0 radical (unpaired) electrons. The first-order valence-corrected chi connectivity index (χ1v) is 10.0. The van der Waals surface area contributed by atoms with Crippen LogP contribution in [0.4, 0.5) is 0 Å². The summed E-state index contributed by atoms with van der Waals surface area (Å²) in [6.45, 7) is 4.26. The second kappa shape index (κ2) is 8.18. The molecule has 1 aliphatic rings. The number of aromatic amines is 1. The van der Waals surface area contributed by atoms with E-state index in [9.17, 15) is 9.59 Å². The quantitative estimate of drug-likeness (QED) is 0.501. The highest BCUT2D eigenvalue weighted by Gasteiger charge is 2.22. The molecule has 0 atom stereocenters. The van der Waals surface area contributed by atoms with Gasteiger partial charge in [0.1, 0.15) is 0 Å². The first kappa shape index (κ1) is 19.3. The number of fused-ring (bicyclic) bond motifs is 1. The topological polar surface area (TPSA) is 102 Å². The number of morpholine rings is 1. The maximum absolute atomic E-state index is 13.2. The predicted octanol–water partition coefficient (Wildman–Crippen LogP) is 1.55. The summed E-state index contributed by atoms with van der Waals surface area (Å²) < 4.78 is 12.5. The van der Waals surface area contributed by atoms with Gasteiger partial charge in [-0.1, -0.05) is 23.5 Å². The number of ether oxygens (including phenoxy) is 2. The van der Waals surface area contributed by atoms with E-state index in [-0.39, 0.29) is 12.0 Å². The standard InChI is InChI=1S/C19H21N5O4S/c1-12(21-23-7-9-28-10-8-23)17-14(11-16(25)27-2)22-24(18(17)26)19-20-13-5-3-4-6-15(13)29-19/h3-6,22H,7-11H2,1-2H3/b21-12+. The van der Waals surface area contributed by atoms with Gasteiger partial charge in [0.15, 0.2) is 0 Å². The molecule has 2 aromatic heterocycles. The lowest BCUT2D eigenvalue weighted by atomic mass is 10.1. The Bertz CT molecular complexity index is 1090. The van der Waals surface area contributed by atoms with Crippen LogP contribution < -0.4 is 5.56 Å². The fourth-order valence-electron chi connectivity index (χ4n) is 3.21. The number of carbonyl (C=O) groups excluding carboxylic acids is 1. The van der Waals surface area contributed by atoms with E-state index in [0.717, 1.165) is 10.2 Å². The molecule has 1 fully saturated rings. The number of rotatable bonds is 5. The number of hydrogen-bond acceptors (Lipinski definition) is 8. The molecule has 0 spiro atoms. The van der Waals surface area contributed by atoms with Crippen molar-refractivity contribution in [3.05, 3.63) is 45.9 Å². The van der Waals surface area contributed by atoms with Gasteiger partial charge in [-0.25, -0.2) is 4.98 Å². The van der Waals surface area contributed by atoms with Crippen molar-refractivity contribution in [1.82, 2.24) is 19.8 Å². The van der Waals surface area contributed by atoms with Crippen molar-refractivity contribution in [1.29, 1.82) is 0 Å². The largest absolute Gasteiger partial charge is 0.469 e. The summed E-state index contributed by atoms with van der Waals surface area (Å²) in [4.78, 5) is 29.7. The summed E-state index contributed by atoms with van der Waals surface area (Å²) in [5.41, 5.74) is 1.87. The van der Waals surface area contributed by atoms with Crippen LogP contribution >= 0.6 is 11.3 Å². The van der Waals surface area contributed by atoms with Crippen molar-refractivity contribution in [2.75, 3.05) is 33.4 Å². The molecule has 3 heterocycles. The average Bonchev–Trinajstić information content (AvgIpc) is 3.29. The molecule has 152 valence electrons. The first-order chi connectivity index (χ1) is 14.1. The highest BCUT2D eigenvalue weighted by Crippen LogP contribution is 2.24. The molecule has 1 saturated heterocycles. The van der Waals surface area contributed by atoms with Gasteiger partial charge in [0.2, 0.25) is 5.13 Å². The van der Waals surface area contributed by atoms with Gasteiger partial charge < -0.3 is 9.47 Å². The van der Waals surface area contributed by atoms with Gasteiger partial charge in [-0.05, 0) is 19.1 Å². The Morgan fingerprint density at radius 2 is 2.10 bits per heavy atom. The number of aromatic nitrogens is 3. The van der Waals surface area contributed by atoms with Gasteiger partial charge in [0.25, 0.3) is 5.56 Å². The van der Waals surface area contributed by atoms with Crippen LogP contribution in [0.3, 0.4) is 0 Å². The van der Waals surface area contributed by atoms with Crippen LogP contribution in [0.2, 0.25) is 0 Å². The Labute approximate surface area is 170 Å². The second-order valence-electron chi connectivity index (χ2n) is 6.57. The van der Waals surface area contributed by atoms with Crippen LogP contribution in [0.25, 0.3) is 15.3 Å². The van der Waals surface area contributed by atoms with E-state index in [4.69, 9.17) is 9.47 Å². The number of methoxy groups -OCH3 is 1. The van der Waals surface area contributed by atoms with Gasteiger partial charge in [0, 0.05) is 0 Å². The third-order valence-corrected chi connectivity index (χ3v) is 5.65. The fraction of sp³-hybridized carbons (Fsp3) is 0.368. The van der Waals surface area contributed by atoms with Crippen LogP contribution in [-0.2, 0) is 20.7 Å². The summed E-state index contributed by atoms with van der Waals surface area (Å²) in [5, 5.41) is 9.99. The minimum Gasteiger partial charge on any atom is -0.469 e. The number of para-hydroxylation sites is 1. The van der Waals surface area contributed by atoms with E-state index < -0.39 is 5.97 Å². The van der Waals surface area contributed by atoms with E-state index in [1.54, 1.807) is 6.92 Å². The summed E-state index contributed by atoms with van der Waals surface area (Å²) in [5.74, 6) is -0.442. The summed E-state index contributed by atoms with van der Waals surface area (Å²) >= 11 is 1.40. The van der Waals surface area contributed by atoms with E-state index in [1.807, 2.05) is 29.3 Å². The molecular formula is C19H21N5O4S. The SMILES string of the molecule is COC(=O)Cc1[nH]n(-c2nc3ccccc3s2)c(=O)c1/C(C)=N/N1CCOCC1.